The number of hydrogen-bond acceptors (Lipinski definition) is 5. The minimum atomic E-state index is 0.0243. The zero-order valence-corrected chi connectivity index (χ0v) is 18.0. The SMILES string of the molecule is COc1cccc(CN2CCC[C@@H]([C@@H](NC(=O)C3CCCC3)c3nccs3)C2)c1. The summed E-state index contributed by atoms with van der Waals surface area (Å²) in [4.78, 5) is 20.0. The molecular formula is C23H31N3O2S. The van der Waals surface area contributed by atoms with Gasteiger partial charge in [-0.1, -0.05) is 25.0 Å². The van der Waals surface area contributed by atoms with Crippen molar-refractivity contribution in [1.82, 2.24) is 15.2 Å². The van der Waals surface area contributed by atoms with Gasteiger partial charge >= 0.3 is 0 Å². The van der Waals surface area contributed by atoms with Crippen LogP contribution in [0.5, 0.6) is 5.75 Å². The Morgan fingerprint density at radius 3 is 2.93 bits per heavy atom. The molecule has 1 amide bonds. The quantitative estimate of drug-likeness (QED) is 0.730. The second-order valence-corrected chi connectivity index (χ2v) is 9.25. The molecule has 156 valence electrons. The highest BCUT2D eigenvalue weighted by Gasteiger charge is 2.33. The fourth-order valence-electron chi connectivity index (χ4n) is 4.76. The van der Waals surface area contributed by atoms with Crippen LogP contribution in [-0.4, -0.2) is 36.0 Å². The summed E-state index contributed by atoms with van der Waals surface area (Å²) < 4.78 is 5.37. The highest BCUT2D eigenvalue weighted by molar-refractivity contribution is 7.09. The Bertz CT molecular complexity index is 789. The summed E-state index contributed by atoms with van der Waals surface area (Å²) in [5.41, 5.74) is 1.27. The van der Waals surface area contributed by atoms with Crippen molar-refractivity contribution in [3.8, 4) is 5.75 Å². The molecule has 2 aromatic rings. The van der Waals surface area contributed by atoms with Crippen LogP contribution in [0.15, 0.2) is 35.8 Å². The van der Waals surface area contributed by atoms with Gasteiger partial charge in [-0.2, -0.15) is 0 Å². The molecule has 0 spiro atoms. The maximum Gasteiger partial charge on any atom is 0.223 e. The first kappa shape index (κ1) is 20.4. The summed E-state index contributed by atoms with van der Waals surface area (Å²) in [5.74, 6) is 1.72. The van der Waals surface area contributed by atoms with Crippen molar-refractivity contribution in [2.24, 2.45) is 11.8 Å². The molecule has 2 fully saturated rings. The van der Waals surface area contributed by atoms with E-state index in [0.717, 1.165) is 56.1 Å². The van der Waals surface area contributed by atoms with Gasteiger partial charge in [0.2, 0.25) is 5.91 Å². The fraction of sp³-hybridized carbons (Fsp3) is 0.565. The van der Waals surface area contributed by atoms with Crippen molar-refractivity contribution in [1.29, 1.82) is 0 Å². The number of likely N-dealkylation sites (tertiary alicyclic amines) is 1. The predicted octanol–water partition coefficient (Wildman–Crippen LogP) is 4.41. The highest BCUT2D eigenvalue weighted by Crippen LogP contribution is 2.33. The molecule has 0 radical (unpaired) electrons. The number of piperidine rings is 1. The van der Waals surface area contributed by atoms with Crippen LogP contribution < -0.4 is 10.1 Å². The first-order valence-corrected chi connectivity index (χ1v) is 11.7. The van der Waals surface area contributed by atoms with Crippen molar-refractivity contribution in [3.63, 3.8) is 0 Å². The lowest BCUT2D eigenvalue weighted by Gasteiger charge is -2.37. The Morgan fingerprint density at radius 2 is 2.17 bits per heavy atom. The number of carbonyl (C=O) groups excluding carboxylic acids is 1. The summed E-state index contributed by atoms with van der Waals surface area (Å²) in [6, 6.07) is 8.34. The summed E-state index contributed by atoms with van der Waals surface area (Å²) in [6.45, 7) is 2.98. The molecule has 0 unspecified atom stereocenters. The molecule has 1 saturated carbocycles. The van der Waals surface area contributed by atoms with Gasteiger partial charge in [-0.05, 0) is 55.8 Å². The van der Waals surface area contributed by atoms with Crippen LogP contribution in [0.3, 0.4) is 0 Å². The Hall–Kier alpha value is -1.92. The number of nitrogens with one attached hydrogen (secondary N) is 1. The number of methoxy groups -OCH3 is 1. The molecule has 2 atom stereocenters. The van der Waals surface area contributed by atoms with Crippen LogP contribution in [0.25, 0.3) is 0 Å². The third kappa shape index (κ3) is 5.17. The molecule has 1 saturated heterocycles. The van der Waals surface area contributed by atoms with Crippen molar-refractivity contribution in [2.45, 2.75) is 51.1 Å². The highest BCUT2D eigenvalue weighted by atomic mass is 32.1. The van der Waals surface area contributed by atoms with Gasteiger partial charge in [-0.3, -0.25) is 9.69 Å². The molecular weight excluding hydrogens is 382 g/mol. The van der Waals surface area contributed by atoms with Crippen molar-refractivity contribution >= 4 is 17.2 Å². The van der Waals surface area contributed by atoms with E-state index in [1.807, 2.05) is 17.6 Å². The summed E-state index contributed by atoms with van der Waals surface area (Å²) in [5, 5.41) is 6.46. The van der Waals surface area contributed by atoms with E-state index in [9.17, 15) is 4.79 Å². The summed E-state index contributed by atoms with van der Waals surface area (Å²) >= 11 is 1.66. The molecule has 5 nitrogen and oxygen atoms in total. The molecule has 1 aliphatic carbocycles. The van der Waals surface area contributed by atoms with E-state index in [-0.39, 0.29) is 17.9 Å². The minimum Gasteiger partial charge on any atom is -0.497 e. The molecule has 4 rings (SSSR count). The fourth-order valence-corrected chi connectivity index (χ4v) is 5.55. The zero-order chi connectivity index (χ0) is 20.1. The Kier molecular flexibility index (Phi) is 6.82. The number of carbonyl (C=O) groups is 1. The van der Waals surface area contributed by atoms with E-state index in [0.29, 0.717) is 5.92 Å². The van der Waals surface area contributed by atoms with E-state index < -0.39 is 0 Å². The average Bonchev–Trinajstić information content (AvgIpc) is 3.46. The number of nitrogens with zero attached hydrogens (tertiary/aromatic N) is 2. The van der Waals surface area contributed by atoms with Crippen molar-refractivity contribution in [2.75, 3.05) is 20.2 Å². The Balaban J connectivity index is 1.44. The summed E-state index contributed by atoms with van der Waals surface area (Å²) in [6.07, 6.45) is 8.55. The second kappa shape index (κ2) is 9.72. The van der Waals surface area contributed by atoms with Gasteiger partial charge in [0.25, 0.3) is 0 Å². The number of amides is 1. The topological polar surface area (TPSA) is 54.5 Å². The van der Waals surface area contributed by atoms with Crippen LogP contribution >= 0.6 is 11.3 Å². The largest absolute Gasteiger partial charge is 0.497 e. The number of benzene rings is 1. The standard InChI is InChI=1S/C23H31N3O2S/c1-28-20-10-4-6-17(14-20)15-26-12-5-9-19(16-26)21(23-24-11-13-29-23)25-22(27)18-7-2-3-8-18/h4,6,10-11,13-14,18-19,21H,2-3,5,7-9,12,15-16H2,1H3,(H,25,27)/t19-,21-/m1/s1. The average molecular weight is 414 g/mol. The number of thiazole rings is 1. The lowest BCUT2D eigenvalue weighted by atomic mass is 9.90. The van der Waals surface area contributed by atoms with Crippen LogP contribution in [0, 0.1) is 11.8 Å². The van der Waals surface area contributed by atoms with Gasteiger partial charge < -0.3 is 10.1 Å². The number of ether oxygens (including phenoxy) is 1. The maximum atomic E-state index is 12.9. The van der Waals surface area contributed by atoms with E-state index in [1.165, 1.54) is 18.4 Å². The molecule has 1 aliphatic heterocycles. The van der Waals surface area contributed by atoms with Gasteiger partial charge in [0.1, 0.15) is 10.8 Å². The first-order valence-electron chi connectivity index (χ1n) is 10.8. The molecule has 1 N–H and O–H groups in total. The van der Waals surface area contributed by atoms with Gasteiger partial charge in [0, 0.05) is 30.6 Å². The van der Waals surface area contributed by atoms with Gasteiger partial charge in [-0.25, -0.2) is 4.98 Å². The van der Waals surface area contributed by atoms with E-state index in [1.54, 1.807) is 18.4 Å². The Labute approximate surface area is 177 Å². The molecule has 6 heteroatoms. The molecule has 1 aromatic heterocycles. The molecule has 2 heterocycles. The number of hydrogen-bond donors (Lipinski definition) is 1. The molecule has 1 aromatic carbocycles. The van der Waals surface area contributed by atoms with Gasteiger partial charge in [-0.15, -0.1) is 11.3 Å². The van der Waals surface area contributed by atoms with Gasteiger partial charge in [0.05, 0.1) is 13.2 Å². The van der Waals surface area contributed by atoms with E-state index in [2.05, 4.69) is 33.4 Å². The van der Waals surface area contributed by atoms with Crippen LogP contribution in [-0.2, 0) is 11.3 Å². The lowest BCUT2D eigenvalue weighted by Crippen LogP contribution is -2.43. The van der Waals surface area contributed by atoms with E-state index in [4.69, 9.17) is 4.74 Å². The first-order chi connectivity index (χ1) is 14.2. The van der Waals surface area contributed by atoms with Crippen molar-refractivity contribution < 1.29 is 9.53 Å². The maximum absolute atomic E-state index is 12.9. The summed E-state index contributed by atoms with van der Waals surface area (Å²) in [7, 11) is 1.71. The van der Waals surface area contributed by atoms with Crippen LogP contribution in [0.2, 0.25) is 0 Å². The molecule has 2 aliphatic rings. The number of rotatable bonds is 7. The van der Waals surface area contributed by atoms with Crippen LogP contribution in [0.1, 0.15) is 55.1 Å². The zero-order valence-electron chi connectivity index (χ0n) is 17.2. The van der Waals surface area contributed by atoms with Crippen molar-refractivity contribution in [3.05, 3.63) is 46.4 Å². The molecule has 0 bridgehead atoms. The smallest absolute Gasteiger partial charge is 0.223 e. The van der Waals surface area contributed by atoms with Gasteiger partial charge in [0.15, 0.2) is 0 Å². The third-order valence-electron chi connectivity index (χ3n) is 6.29. The number of aromatic nitrogens is 1. The molecule has 29 heavy (non-hydrogen) atoms. The predicted molar refractivity (Wildman–Crippen MR) is 116 cm³/mol. The minimum absolute atomic E-state index is 0.0243. The monoisotopic (exact) mass is 413 g/mol. The normalized spacial score (nSPS) is 21.8. The van der Waals surface area contributed by atoms with E-state index >= 15 is 0 Å². The van der Waals surface area contributed by atoms with Crippen LogP contribution in [0.4, 0.5) is 0 Å². The second-order valence-electron chi connectivity index (χ2n) is 8.33. The third-order valence-corrected chi connectivity index (χ3v) is 7.15. The Morgan fingerprint density at radius 1 is 1.31 bits per heavy atom. The lowest BCUT2D eigenvalue weighted by molar-refractivity contribution is -0.126.